The number of para-hydroxylation sites is 2. The number of benzene rings is 6. The van der Waals surface area contributed by atoms with E-state index in [4.69, 9.17) is 0 Å². The first-order valence-electron chi connectivity index (χ1n) is 14.9. The molecule has 0 atom stereocenters. The van der Waals surface area contributed by atoms with Crippen molar-refractivity contribution in [2.75, 3.05) is 0 Å². The third kappa shape index (κ3) is 3.53. The Morgan fingerprint density at radius 3 is 1.88 bits per heavy atom. The first-order chi connectivity index (χ1) is 21.3. The maximum Gasteiger partial charge on any atom is 0.0541 e. The third-order valence-corrected chi connectivity index (χ3v) is 9.14. The molecule has 0 amide bonds. The Labute approximate surface area is 250 Å². The van der Waals surface area contributed by atoms with E-state index in [1.165, 1.54) is 83.2 Å². The molecule has 8 aromatic rings. The Hall–Kier alpha value is -5.60. The van der Waals surface area contributed by atoms with Crippen LogP contribution in [0.4, 0.5) is 0 Å². The van der Waals surface area contributed by atoms with Crippen LogP contribution >= 0.6 is 0 Å². The zero-order valence-electron chi connectivity index (χ0n) is 23.7. The first kappa shape index (κ1) is 24.0. The summed E-state index contributed by atoms with van der Waals surface area (Å²) in [6, 6.07) is 50.7. The Bertz CT molecular complexity index is 2370. The average molecular weight is 549 g/mol. The molecule has 0 aliphatic carbocycles. The Morgan fingerprint density at radius 1 is 0.488 bits per heavy atom. The van der Waals surface area contributed by atoms with Gasteiger partial charge in [0.05, 0.1) is 16.6 Å². The molecule has 0 unspecified atom stereocenters. The van der Waals surface area contributed by atoms with E-state index in [0.29, 0.717) is 0 Å². The van der Waals surface area contributed by atoms with E-state index in [2.05, 4.69) is 155 Å². The van der Waals surface area contributed by atoms with Crippen molar-refractivity contribution in [2.45, 2.75) is 6.42 Å². The number of hydrogen-bond acceptors (Lipinski definition) is 0. The monoisotopic (exact) mass is 548 g/mol. The van der Waals surface area contributed by atoms with Gasteiger partial charge in [-0.1, -0.05) is 104 Å². The molecule has 0 saturated heterocycles. The SMILES string of the molecule is C=Cc1c2n(c3ccc(-c4ccc5c(c4)c4ccccc4n5-c4ccc(-c5ccccc5)cc4)cc13)-c1ccccc1C2. The van der Waals surface area contributed by atoms with Gasteiger partial charge in [0.2, 0.25) is 0 Å². The topological polar surface area (TPSA) is 9.86 Å². The predicted molar refractivity (Wildman–Crippen MR) is 181 cm³/mol. The van der Waals surface area contributed by atoms with Crippen LogP contribution in [0.1, 0.15) is 16.8 Å². The van der Waals surface area contributed by atoms with Gasteiger partial charge in [-0.25, -0.2) is 0 Å². The van der Waals surface area contributed by atoms with E-state index in [-0.39, 0.29) is 0 Å². The van der Waals surface area contributed by atoms with Crippen LogP contribution < -0.4 is 0 Å². The van der Waals surface area contributed by atoms with Gasteiger partial charge in [0.25, 0.3) is 0 Å². The quantitative estimate of drug-likeness (QED) is 0.207. The van der Waals surface area contributed by atoms with Gasteiger partial charge in [0, 0.05) is 45.2 Å². The molecule has 0 radical (unpaired) electrons. The summed E-state index contributed by atoms with van der Waals surface area (Å²) in [4.78, 5) is 0. The smallest absolute Gasteiger partial charge is 0.0541 e. The molecule has 43 heavy (non-hydrogen) atoms. The van der Waals surface area contributed by atoms with Gasteiger partial charge in [-0.2, -0.15) is 0 Å². The largest absolute Gasteiger partial charge is 0.312 e. The Balaban J connectivity index is 1.19. The van der Waals surface area contributed by atoms with Gasteiger partial charge >= 0.3 is 0 Å². The lowest BCUT2D eigenvalue weighted by Crippen LogP contribution is -1.93. The highest BCUT2D eigenvalue weighted by atomic mass is 15.0. The molecule has 6 aromatic carbocycles. The molecule has 9 rings (SSSR count). The summed E-state index contributed by atoms with van der Waals surface area (Å²) in [5.74, 6) is 0. The molecule has 1 aliphatic heterocycles. The lowest BCUT2D eigenvalue weighted by Gasteiger charge is -2.10. The minimum absolute atomic E-state index is 0.944. The Kier molecular flexibility index (Phi) is 5.15. The van der Waals surface area contributed by atoms with Crippen LogP contribution in [0.3, 0.4) is 0 Å². The number of aromatic nitrogens is 2. The summed E-state index contributed by atoms with van der Waals surface area (Å²) < 4.78 is 4.81. The van der Waals surface area contributed by atoms with Gasteiger partial charge in [-0.05, 0) is 76.3 Å². The molecule has 2 heteroatoms. The first-order valence-corrected chi connectivity index (χ1v) is 14.9. The number of nitrogens with zero attached hydrogens (tertiary/aromatic N) is 2. The molecule has 3 heterocycles. The van der Waals surface area contributed by atoms with E-state index in [0.717, 1.165) is 6.42 Å². The van der Waals surface area contributed by atoms with E-state index in [1.807, 2.05) is 6.08 Å². The molecule has 202 valence electrons. The van der Waals surface area contributed by atoms with Crippen LogP contribution in [0, 0.1) is 0 Å². The predicted octanol–water partition coefficient (Wildman–Crippen LogP) is 10.6. The van der Waals surface area contributed by atoms with Gasteiger partial charge in [0.1, 0.15) is 0 Å². The average Bonchev–Trinajstić information content (AvgIpc) is 3.71. The van der Waals surface area contributed by atoms with Crippen LogP contribution in [0.5, 0.6) is 0 Å². The highest BCUT2D eigenvalue weighted by molar-refractivity contribution is 6.10. The Morgan fingerprint density at radius 2 is 1.09 bits per heavy atom. The zero-order valence-corrected chi connectivity index (χ0v) is 23.7. The molecular formula is C41H28N2. The van der Waals surface area contributed by atoms with Crippen molar-refractivity contribution < 1.29 is 0 Å². The van der Waals surface area contributed by atoms with Gasteiger partial charge in [-0.3, -0.25) is 0 Å². The second-order valence-electron chi connectivity index (χ2n) is 11.4. The van der Waals surface area contributed by atoms with Crippen molar-refractivity contribution in [3.05, 3.63) is 163 Å². The molecule has 0 N–H and O–H groups in total. The fourth-order valence-electron chi connectivity index (χ4n) is 7.15. The number of hydrogen-bond donors (Lipinski definition) is 0. The molecule has 0 bridgehead atoms. The molecular weight excluding hydrogens is 520 g/mol. The molecule has 1 aliphatic rings. The van der Waals surface area contributed by atoms with E-state index in [9.17, 15) is 0 Å². The molecule has 2 nitrogen and oxygen atoms in total. The summed E-state index contributed by atoms with van der Waals surface area (Å²) in [5, 5.41) is 3.79. The number of fused-ring (bicyclic) bond motifs is 8. The van der Waals surface area contributed by atoms with Crippen molar-refractivity contribution in [1.29, 1.82) is 0 Å². The third-order valence-electron chi connectivity index (χ3n) is 9.14. The summed E-state index contributed by atoms with van der Waals surface area (Å²) >= 11 is 0. The summed E-state index contributed by atoms with van der Waals surface area (Å²) in [7, 11) is 0. The standard InChI is InChI=1S/C41H28N2/c1-2-33-35-24-29(19-23-40(35)43-37-14-8-6-12-31(37)26-41(33)43)30-18-22-39-36(25-30)34-13-7-9-15-38(34)42(39)32-20-16-28(17-21-32)27-10-4-3-5-11-27/h2-25H,1,26H2. The molecule has 0 saturated carbocycles. The van der Waals surface area contributed by atoms with Crippen molar-refractivity contribution >= 4 is 38.8 Å². The van der Waals surface area contributed by atoms with Gasteiger partial charge in [-0.15, -0.1) is 0 Å². The van der Waals surface area contributed by atoms with Gasteiger partial charge in [0.15, 0.2) is 0 Å². The van der Waals surface area contributed by atoms with Crippen LogP contribution in [0.25, 0.3) is 72.4 Å². The second kappa shape index (κ2) is 9.20. The summed E-state index contributed by atoms with van der Waals surface area (Å²) in [6.07, 6.45) is 2.98. The maximum atomic E-state index is 4.21. The minimum atomic E-state index is 0.944. The number of rotatable bonds is 4. The van der Waals surface area contributed by atoms with Crippen molar-refractivity contribution in [1.82, 2.24) is 9.13 Å². The highest BCUT2D eigenvalue weighted by Gasteiger charge is 2.24. The highest BCUT2D eigenvalue weighted by Crippen LogP contribution is 2.41. The lowest BCUT2D eigenvalue weighted by atomic mass is 9.99. The van der Waals surface area contributed by atoms with Crippen molar-refractivity contribution in [3.63, 3.8) is 0 Å². The zero-order chi connectivity index (χ0) is 28.5. The van der Waals surface area contributed by atoms with E-state index >= 15 is 0 Å². The fourth-order valence-corrected chi connectivity index (χ4v) is 7.15. The van der Waals surface area contributed by atoms with Crippen molar-refractivity contribution in [2.24, 2.45) is 0 Å². The second-order valence-corrected chi connectivity index (χ2v) is 11.4. The van der Waals surface area contributed by atoms with Crippen LogP contribution in [0.15, 0.2) is 146 Å². The van der Waals surface area contributed by atoms with Crippen molar-refractivity contribution in [3.8, 4) is 33.6 Å². The van der Waals surface area contributed by atoms with Crippen LogP contribution in [-0.4, -0.2) is 9.13 Å². The molecule has 0 fully saturated rings. The maximum absolute atomic E-state index is 4.21. The van der Waals surface area contributed by atoms with Gasteiger partial charge < -0.3 is 9.13 Å². The van der Waals surface area contributed by atoms with Crippen LogP contribution in [0.2, 0.25) is 0 Å². The fraction of sp³-hybridized carbons (Fsp3) is 0.0244. The normalized spacial score (nSPS) is 12.2. The van der Waals surface area contributed by atoms with Crippen LogP contribution in [-0.2, 0) is 6.42 Å². The molecule has 0 spiro atoms. The summed E-state index contributed by atoms with van der Waals surface area (Å²) in [5.41, 5.74) is 15.0. The lowest BCUT2D eigenvalue weighted by molar-refractivity contribution is 1.08. The van der Waals surface area contributed by atoms with E-state index < -0.39 is 0 Å². The minimum Gasteiger partial charge on any atom is -0.312 e. The van der Waals surface area contributed by atoms with E-state index in [1.54, 1.807) is 0 Å². The summed E-state index contributed by atoms with van der Waals surface area (Å²) in [6.45, 7) is 4.21. The molecule has 2 aromatic heterocycles.